The summed E-state index contributed by atoms with van der Waals surface area (Å²) in [6, 6.07) is 3.79. The van der Waals surface area contributed by atoms with E-state index in [1.807, 2.05) is 19.1 Å². The van der Waals surface area contributed by atoms with Gasteiger partial charge in [-0.25, -0.2) is 0 Å². The molecule has 0 amide bonds. The Balaban J connectivity index is 3.01. The van der Waals surface area contributed by atoms with Crippen LogP contribution in [-0.4, -0.2) is 27.6 Å². The van der Waals surface area contributed by atoms with Gasteiger partial charge in [0.1, 0.15) is 6.29 Å². The fraction of sp³-hybridized carbons (Fsp3) is 0.500. The number of rotatable bonds is 7. The zero-order valence-electron chi connectivity index (χ0n) is 11.4. The number of ether oxygens (including phenoxy) is 3. The first kappa shape index (κ1) is 14.4. The molecule has 0 aliphatic rings. The molecule has 0 saturated heterocycles. The van der Waals surface area contributed by atoms with Gasteiger partial charge in [-0.3, -0.25) is 0 Å². The Hall–Kier alpha value is -1.71. The second kappa shape index (κ2) is 6.89. The van der Waals surface area contributed by atoms with Crippen molar-refractivity contribution in [3.05, 3.63) is 17.7 Å². The molecule has 4 heteroatoms. The summed E-state index contributed by atoms with van der Waals surface area (Å²) in [6.07, 6.45) is 2.52. The minimum atomic E-state index is 0.0443. The smallest absolute Gasteiger partial charge is 0.203 e. The first-order chi connectivity index (χ1) is 8.67. The molecule has 100 valence electrons. The summed E-state index contributed by atoms with van der Waals surface area (Å²) in [7, 11) is 4.77. The van der Waals surface area contributed by atoms with Crippen LogP contribution in [0.2, 0.25) is 0 Å². The Morgan fingerprint density at radius 1 is 1.11 bits per heavy atom. The van der Waals surface area contributed by atoms with Crippen molar-refractivity contribution in [3.8, 4) is 17.2 Å². The molecule has 1 aromatic carbocycles. The maximum atomic E-state index is 10.6. The minimum absolute atomic E-state index is 0.0443. The lowest BCUT2D eigenvalue weighted by Gasteiger charge is -2.16. The summed E-state index contributed by atoms with van der Waals surface area (Å²) in [4.78, 5) is 10.6. The van der Waals surface area contributed by atoms with E-state index in [1.165, 1.54) is 0 Å². The molecule has 0 fully saturated rings. The molecule has 4 nitrogen and oxygen atoms in total. The van der Waals surface area contributed by atoms with Crippen molar-refractivity contribution < 1.29 is 19.0 Å². The number of carbonyl (C=O) groups excluding carboxylic acids is 1. The van der Waals surface area contributed by atoms with E-state index in [9.17, 15) is 4.79 Å². The minimum Gasteiger partial charge on any atom is -0.493 e. The van der Waals surface area contributed by atoms with Gasteiger partial charge in [-0.05, 0) is 24.5 Å². The van der Waals surface area contributed by atoms with Crippen molar-refractivity contribution in [1.29, 1.82) is 0 Å². The zero-order valence-corrected chi connectivity index (χ0v) is 11.4. The van der Waals surface area contributed by atoms with Crippen LogP contribution in [0.5, 0.6) is 17.2 Å². The lowest BCUT2D eigenvalue weighted by molar-refractivity contribution is -0.110. The second-order valence-electron chi connectivity index (χ2n) is 4.15. The van der Waals surface area contributed by atoms with Crippen molar-refractivity contribution >= 4 is 6.29 Å². The highest BCUT2D eigenvalue weighted by molar-refractivity contribution is 5.56. The number of carbonyl (C=O) groups is 1. The number of aldehydes is 1. The van der Waals surface area contributed by atoms with E-state index in [2.05, 4.69) is 0 Å². The van der Waals surface area contributed by atoms with Crippen LogP contribution in [0.15, 0.2) is 12.1 Å². The van der Waals surface area contributed by atoms with Crippen LogP contribution in [0.3, 0.4) is 0 Å². The molecule has 1 atom stereocenters. The van der Waals surface area contributed by atoms with Crippen molar-refractivity contribution in [1.82, 2.24) is 0 Å². The Bertz CT molecular complexity index is 401. The fourth-order valence-electron chi connectivity index (χ4n) is 1.81. The Labute approximate surface area is 108 Å². The lowest BCUT2D eigenvalue weighted by Crippen LogP contribution is -2.02. The maximum absolute atomic E-state index is 10.6. The van der Waals surface area contributed by atoms with Crippen LogP contribution in [-0.2, 0) is 11.2 Å². The molecule has 0 spiro atoms. The predicted molar refractivity (Wildman–Crippen MR) is 69.6 cm³/mol. The molecule has 0 aliphatic carbocycles. The van der Waals surface area contributed by atoms with Crippen molar-refractivity contribution in [2.45, 2.75) is 19.8 Å². The SMILES string of the molecule is COc1ccc(CCC(C)C=O)c(OC)c1OC. The maximum Gasteiger partial charge on any atom is 0.203 e. The fourth-order valence-corrected chi connectivity index (χ4v) is 1.81. The number of hydrogen-bond donors (Lipinski definition) is 0. The van der Waals surface area contributed by atoms with Gasteiger partial charge in [0.05, 0.1) is 21.3 Å². The van der Waals surface area contributed by atoms with Gasteiger partial charge in [0.25, 0.3) is 0 Å². The molecule has 0 bridgehead atoms. The molecule has 0 N–H and O–H groups in total. The summed E-state index contributed by atoms with van der Waals surface area (Å²) in [5.74, 6) is 1.95. The molecule has 0 heterocycles. The van der Waals surface area contributed by atoms with Crippen LogP contribution in [0.4, 0.5) is 0 Å². The average molecular weight is 252 g/mol. The van der Waals surface area contributed by atoms with E-state index in [0.717, 1.165) is 24.7 Å². The van der Waals surface area contributed by atoms with Crippen molar-refractivity contribution in [2.24, 2.45) is 5.92 Å². The molecule has 0 saturated carbocycles. The van der Waals surface area contributed by atoms with Gasteiger partial charge < -0.3 is 19.0 Å². The summed E-state index contributed by atoms with van der Waals surface area (Å²) >= 11 is 0. The zero-order chi connectivity index (χ0) is 13.5. The van der Waals surface area contributed by atoms with E-state index < -0.39 is 0 Å². The summed E-state index contributed by atoms with van der Waals surface area (Å²) in [5.41, 5.74) is 1.02. The van der Waals surface area contributed by atoms with Gasteiger partial charge in [-0.2, -0.15) is 0 Å². The highest BCUT2D eigenvalue weighted by Crippen LogP contribution is 2.40. The third kappa shape index (κ3) is 3.15. The summed E-state index contributed by atoms with van der Waals surface area (Å²) in [5, 5.41) is 0. The molecular formula is C14H20O4. The molecule has 0 aromatic heterocycles. The van der Waals surface area contributed by atoms with Gasteiger partial charge >= 0.3 is 0 Å². The third-order valence-electron chi connectivity index (χ3n) is 2.89. The van der Waals surface area contributed by atoms with E-state index >= 15 is 0 Å². The highest BCUT2D eigenvalue weighted by Gasteiger charge is 2.15. The quantitative estimate of drug-likeness (QED) is 0.699. The number of methoxy groups -OCH3 is 3. The highest BCUT2D eigenvalue weighted by atomic mass is 16.5. The Morgan fingerprint density at radius 3 is 2.28 bits per heavy atom. The van der Waals surface area contributed by atoms with Crippen molar-refractivity contribution in [3.63, 3.8) is 0 Å². The number of benzene rings is 1. The molecule has 1 aromatic rings. The van der Waals surface area contributed by atoms with Crippen LogP contribution in [0.1, 0.15) is 18.9 Å². The van der Waals surface area contributed by atoms with E-state index in [-0.39, 0.29) is 5.92 Å². The van der Waals surface area contributed by atoms with Gasteiger partial charge in [0.15, 0.2) is 11.5 Å². The van der Waals surface area contributed by atoms with Crippen molar-refractivity contribution in [2.75, 3.05) is 21.3 Å². The normalized spacial score (nSPS) is 11.8. The molecule has 1 unspecified atom stereocenters. The topological polar surface area (TPSA) is 44.8 Å². The van der Waals surface area contributed by atoms with Gasteiger partial charge in [-0.1, -0.05) is 13.0 Å². The Kier molecular flexibility index (Phi) is 5.49. The molecule has 18 heavy (non-hydrogen) atoms. The molecule has 0 aliphatic heterocycles. The summed E-state index contributed by atoms with van der Waals surface area (Å²) in [6.45, 7) is 1.90. The molecule has 0 radical (unpaired) electrons. The average Bonchev–Trinajstić information content (AvgIpc) is 2.43. The molecular weight excluding hydrogens is 232 g/mol. The third-order valence-corrected chi connectivity index (χ3v) is 2.89. The second-order valence-corrected chi connectivity index (χ2v) is 4.15. The standard InChI is InChI=1S/C14H20O4/c1-10(9-15)5-6-11-7-8-12(16-2)14(18-4)13(11)17-3/h7-10H,5-6H2,1-4H3. The number of aryl methyl sites for hydroxylation is 1. The number of hydrogen-bond acceptors (Lipinski definition) is 4. The lowest BCUT2D eigenvalue weighted by atomic mass is 10.0. The van der Waals surface area contributed by atoms with Crippen LogP contribution < -0.4 is 14.2 Å². The van der Waals surface area contributed by atoms with E-state index in [1.54, 1.807) is 21.3 Å². The van der Waals surface area contributed by atoms with Crippen LogP contribution >= 0.6 is 0 Å². The predicted octanol–water partition coefficient (Wildman–Crippen LogP) is 2.48. The summed E-state index contributed by atoms with van der Waals surface area (Å²) < 4.78 is 15.9. The van der Waals surface area contributed by atoms with E-state index in [4.69, 9.17) is 14.2 Å². The van der Waals surface area contributed by atoms with Crippen LogP contribution in [0, 0.1) is 5.92 Å². The van der Waals surface area contributed by atoms with Crippen LogP contribution in [0.25, 0.3) is 0 Å². The van der Waals surface area contributed by atoms with Gasteiger partial charge in [-0.15, -0.1) is 0 Å². The monoisotopic (exact) mass is 252 g/mol. The first-order valence-corrected chi connectivity index (χ1v) is 5.91. The van der Waals surface area contributed by atoms with Gasteiger partial charge in [0.2, 0.25) is 5.75 Å². The molecule has 1 rings (SSSR count). The van der Waals surface area contributed by atoms with E-state index in [0.29, 0.717) is 17.2 Å². The van der Waals surface area contributed by atoms with Gasteiger partial charge in [0, 0.05) is 5.92 Å². The largest absolute Gasteiger partial charge is 0.493 e. The Morgan fingerprint density at radius 2 is 1.78 bits per heavy atom. The first-order valence-electron chi connectivity index (χ1n) is 5.91.